The Hall–Kier alpha value is -1.14. The number of aliphatic hydroxyl groups excluding tert-OH is 2. The van der Waals surface area contributed by atoms with Crippen LogP contribution in [0.1, 0.15) is 46.5 Å². The van der Waals surface area contributed by atoms with Crippen molar-refractivity contribution in [3.63, 3.8) is 0 Å². The molecule has 0 atom stereocenters. The molecular formula is C14H26O6. The third-order valence-corrected chi connectivity index (χ3v) is 2.92. The van der Waals surface area contributed by atoms with E-state index in [1.54, 1.807) is 0 Å². The zero-order valence-corrected chi connectivity index (χ0v) is 12.5. The van der Waals surface area contributed by atoms with Gasteiger partial charge in [0.2, 0.25) is 0 Å². The number of carbonyl (C=O) groups excluding carboxylic acids is 1. The first kappa shape index (κ1) is 18.9. The number of carboxylic acids is 1. The van der Waals surface area contributed by atoms with Crippen molar-refractivity contribution in [3.05, 3.63) is 0 Å². The van der Waals surface area contributed by atoms with Gasteiger partial charge in [-0.05, 0) is 46.5 Å². The molecule has 118 valence electrons. The van der Waals surface area contributed by atoms with Gasteiger partial charge in [0.25, 0.3) is 0 Å². The SMILES string of the molecule is CC(C)(C)OC(=O)C1CCC(C(=O)O)CC1.OCCO. The van der Waals surface area contributed by atoms with Crippen molar-refractivity contribution >= 4 is 11.9 Å². The fourth-order valence-corrected chi connectivity index (χ4v) is 1.96. The number of aliphatic hydroxyl groups is 2. The average molecular weight is 290 g/mol. The highest BCUT2D eigenvalue weighted by atomic mass is 16.6. The van der Waals surface area contributed by atoms with Crippen molar-refractivity contribution in [3.8, 4) is 0 Å². The van der Waals surface area contributed by atoms with Crippen LogP contribution in [0.2, 0.25) is 0 Å². The van der Waals surface area contributed by atoms with E-state index in [4.69, 9.17) is 20.1 Å². The fraction of sp³-hybridized carbons (Fsp3) is 0.857. The van der Waals surface area contributed by atoms with Gasteiger partial charge < -0.3 is 20.1 Å². The maximum absolute atomic E-state index is 11.7. The van der Waals surface area contributed by atoms with Gasteiger partial charge >= 0.3 is 11.9 Å². The Balaban J connectivity index is 0.000000796. The number of aliphatic carboxylic acids is 1. The second-order valence-electron chi connectivity index (χ2n) is 5.87. The highest BCUT2D eigenvalue weighted by Crippen LogP contribution is 2.30. The predicted octanol–water partition coefficient (Wildman–Crippen LogP) is 1.19. The summed E-state index contributed by atoms with van der Waals surface area (Å²) in [4.78, 5) is 22.5. The Morgan fingerprint density at radius 1 is 1.00 bits per heavy atom. The van der Waals surface area contributed by atoms with Gasteiger partial charge in [-0.1, -0.05) is 0 Å². The molecule has 0 unspecified atom stereocenters. The van der Waals surface area contributed by atoms with Crippen molar-refractivity contribution in [1.29, 1.82) is 0 Å². The smallest absolute Gasteiger partial charge is 0.309 e. The lowest BCUT2D eigenvalue weighted by Gasteiger charge is -2.28. The molecule has 1 fully saturated rings. The van der Waals surface area contributed by atoms with Gasteiger partial charge in [-0.2, -0.15) is 0 Å². The summed E-state index contributed by atoms with van der Waals surface area (Å²) in [6, 6.07) is 0. The minimum atomic E-state index is -0.748. The van der Waals surface area contributed by atoms with Crippen LogP contribution in [0.3, 0.4) is 0 Å². The van der Waals surface area contributed by atoms with Crippen LogP contribution in [0.15, 0.2) is 0 Å². The summed E-state index contributed by atoms with van der Waals surface area (Å²) < 4.78 is 5.29. The van der Waals surface area contributed by atoms with Gasteiger partial charge in [-0.3, -0.25) is 9.59 Å². The van der Waals surface area contributed by atoms with Crippen LogP contribution in [-0.4, -0.2) is 46.1 Å². The number of carbonyl (C=O) groups is 2. The van der Waals surface area contributed by atoms with Crippen LogP contribution in [-0.2, 0) is 14.3 Å². The lowest BCUT2D eigenvalue weighted by atomic mass is 9.82. The normalized spacial score (nSPS) is 22.4. The molecule has 0 aromatic heterocycles. The van der Waals surface area contributed by atoms with E-state index >= 15 is 0 Å². The Labute approximate surface area is 119 Å². The lowest BCUT2D eigenvalue weighted by molar-refractivity contribution is -0.162. The molecule has 1 aliphatic rings. The largest absolute Gasteiger partial charge is 0.481 e. The van der Waals surface area contributed by atoms with Crippen molar-refractivity contribution in [2.75, 3.05) is 13.2 Å². The molecule has 0 heterocycles. The second kappa shape index (κ2) is 8.92. The van der Waals surface area contributed by atoms with Crippen molar-refractivity contribution < 1.29 is 29.6 Å². The third-order valence-electron chi connectivity index (χ3n) is 2.92. The molecule has 6 heteroatoms. The first-order chi connectivity index (χ1) is 9.21. The van der Waals surface area contributed by atoms with E-state index in [1.807, 2.05) is 20.8 Å². The molecular weight excluding hydrogens is 264 g/mol. The lowest BCUT2D eigenvalue weighted by Crippen LogP contribution is -2.32. The number of hydrogen-bond acceptors (Lipinski definition) is 5. The highest BCUT2D eigenvalue weighted by molar-refractivity contribution is 5.74. The van der Waals surface area contributed by atoms with E-state index in [0.717, 1.165) is 0 Å². The minimum absolute atomic E-state index is 0.116. The average Bonchev–Trinajstić information content (AvgIpc) is 2.37. The standard InChI is InChI=1S/C12H20O4.C2H6O2/c1-12(2,3)16-11(15)9-6-4-8(5-7-9)10(13)14;3-1-2-4/h8-9H,4-7H2,1-3H3,(H,13,14);3-4H,1-2H2. The summed E-state index contributed by atoms with van der Waals surface area (Å²) in [6.07, 6.45) is 2.43. The number of hydrogen-bond donors (Lipinski definition) is 3. The Bertz CT molecular complexity index is 297. The van der Waals surface area contributed by atoms with E-state index in [9.17, 15) is 9.59 Å². The zero-order chi connectivity index (χ0) is 15.8. The molecule has 0 aromatic rings. The van der Waals surface area contributed by atoms with E-state index < -0.39 is 11.6 Å². The molecule has 20 heavy (non-hydrogen) atoms. The Kier molecular flexibility index (Phi) is 8.41. The van der Waals surface area contributed by atoms with Gasteiger partial charge in [-0.15, -0.1) is 0 Å². The third kappa shape index (κ3) is 8.12. The molecule has 0 amide bonds. The van der Waals surface area contributed by atoms with Gasteiger partial charge in [0.15, 0.2) is 0 Å². The number of rotatable bonds is 3. The maximum atomic E-state index is 11.7. The summed E-state index contributed by atoms with van der Waals surface area (Å²) in [7, 11) is 0. The number of carboxylic acid groups (broad SMARTS) is 1. The van der Waals surface area contributed by atoms with Crippen LogP contribution in [0.25, 0.3) is 0 Å². The van der Waals surface area contributed by atoms with E-state index in [0.29, 0.717) is 25.7 Å². The summed E-state index contributed by atoms with van der Waals surface area (Å²) >= 11 is 0. The van der Waals surface area contributed by atoms with Crippen LogP contribution < -0.4 is 0 Å². The van der Waals surface area contributed by atoms with Gasteiger partial charge in [0, 0.05) is 0 Å². The zero-order valence-electron chi connectivity index (χ0n) is 12.5. The van der Waals surface area contributed by atoms with Crippen LogP contribution in [0.4, 0.5) is 0 Å². The van der Waals surface area contributed by atoms with Crippen LogP contribution >= 0.6 is 0 Å². The van der Waals surface area contributed by atoms with Crippen LogP contribution in [0.5, 0.6) is 0 Å². The minimum Gasteiger partial charge on any atom is -0.481 e. The van der Waals surface area contributed by atoms with E-state index in [2.05, 4.69) is 0 Å². The fourth-order valence-electron chi connectivity index (χ4n) is 1.96. The topological polar surface area (TPSA) is 104 Å². The van der Waals surface area contributed by atoms with Crippen molar-refractivity contribution in [2.24, 2.45) is 11.8 Å². The van der Waals surface area contributed by atoms with Crippen molar-refractivity contribution in [1.82, 2.24) is 0 Å². The number of esters is 1. The molecule has 0 saturated heterocycles. The van der Waals surface area contributed by atoms with Crippen molar-refractivity contribution in [2.45, 2.75) is 52.1 Å². The molecule has 0 aromatic carbocycles. The summed E-state index contributed by atoms with van der Waals surface area (Å²) in [5, 5.41) is 24.1. The maximum Gasteiger partial charge on any atom is 0.309 e. The molecule has 0 spiro atoms. The summed E-state index contributed by atoms with van der Waals surface area (Å²) in [6.45, 7) is 5.27. The monoisotopic (exact) mass is 290 g/mol. The molecule has 0 radical (unpaired) electrons. The molecule has 1 aliphatic carbocycles. The Morgan fingerprint density at radius 3 is 1.70 bits per heavy atom. The first-order valence-electron chi connectivity index (χ1n) is 6.88. The first-order valence-corrected chi connectivity index (χ1v) is 6.88. The van der Waals surface area contributed by atoms with Gasteiger partial charge in [-0.25, -0.2) is 0 Å². The Morgan fingerprint density at radius 2 is 1.40 bits per heavy atom. The molecule has 0 bridgehead atoms. The van der Waals surface area contributed by atoms with E-state index in [-0.39, 0.29) is 31.0 Å². The second-order valence-corrected chi connectivity index (χ2v) is 5.87. The summed E-state index contributed by atoms with van der Waals surface area (Å²) in [5.74, 6) is -1.33. The van der Waals surface area contributed by atoms with Gasteiger partial charge in [0.05, 0.1) is 25.0 Å². The highest BCUT2D eigenvalue weighted by Gasteiger charge is 2.32. The number of ether oxygens (including phenoxy) is 1. The molecule has 0 aliphatic heterocycles. The van der Waals surface area contributed by atoms with Crippen LogP contribution in [0, 0.1) is 11.8 Å². The summed E-state index contributed by atoms with van der Waals surface area (Å²) in [5.41, 5.74) is -0.458. The van der Waals surface area contributed by atoms with E-state index in [1.165, 1.54) is 0 Å². The predicted molar refractivity (Wildman–Crippen MR) is 73.1 cm³/mol. The molecule has 1 rings (SSSR count). The molecule has 6 nitrogen and oxygen atoms in total. The molecule has 1 saturated carbocycles. The quantitative estimate of drug-likeness (QED) is 0.674. The molecule has 3 N–H and O–H groups in total. The van der Waals surface area contributed by atoms with Gasteiger partial charge in [0.1, 0.15) is 5.60 Å².